The lowest BCUT2D eigenvalue weighted by Crippen LogP contribution is -2.20. The molecule has 1 aliphatic carbocycles. The Bertz CT molecular complexity index is 364. The quantitative estimate of drug-likeness (QED) is 0.891. The van der Waals surface area contributed by atoms with Crippen molar-refractivity contribution in [1.82, 2.24) is 10.3 Å². The molecule has 3 rings (SSSR count). The van der Waals surface area contributed by atoms with Crippen LogP contribution in [0.1, 0.15) is 31.9 Å². The number of anilines is 1. The van der Waals surface area contributed by atoms with E-state index in [9.17, 15) is 0 Å². The third-order valence-electron chi connectivity index (χ3n) is 4.09. The van der Waals surface area contributed by atoms with Crippen molar-refractivity contribution in [3.63, 3.8) is 0 Å². The second kappa shape index (κ2) is 4.94. The van der Waals surface area contributed by atoms with Gasteiger partial charge in [-0.3, -0.25) is 0 Å². The Balaban J connectivity index is 1.63. The van der Waals surface area contributed by atoms with Crippen LogP contribution in [0.3, 0.4) is 0 Å². The van der Waals surface area contributed by atoms with Crippen LogP contribution >= 0.6 is 11.3 Å². The molecule has 0 spiro atoms. The largest absolute Gasteiger partial charge is 0.348 e. The minimum Gasteiger partial charge on any atom is -0.348 e. The van der Waals surface area contributed by atoms with Gasteiger partial charge in [0, 0.05) is 25.0 Å². The second-order valence-corrected chi connectivity index (χ2v) is 6.09. The fraction of sp³-hybridized carbons (Fsp3) is 0.769. The van der Waals surface area contributed by atoms with Crippen molar-refractivity contribution >= 4 is 16.5 Å². The van der Waals surface area contributed by atoms with Gasteiger partial charge in [-0.25, -0.2) is 4.98 Å². The summed E-state index contributed by atoms with van der Waals surface area (Å²) in [5, 5.41) is 6.78. The average molecular weight is 251 g/mol. The zero-order chi connectivity index (χ0) is 11.7. The van der Waals surface area contributed by atoms with Crippen LogP contribution in [0, 0.1) is 11.8 Å². The lowest BCUT2D eigenvalue weighted by Gasteiger charge is -2.15. The molecule has 1 saturated heterocycles. The first kappa shape index (κ1) is 11.5. The van der Waals surface area contributed by atoms with E-state index in [-0.39, 0.29) is 0 Å². The zero-order valence-electron chi connectivity index (χ0n) is 10.5. The molecule has 1 aromatic rings. The maximum Gasteiger partial charge on any atom is 0.185 e. The van der Waals surface area contributed by atoms with Gasteiger partial charge in [0.05, 0.1) is 5.69 Å². The Morgan fingerprint density at radius 1 is 1.41 bits per heavy atom. The van der Waals surface area contributed by atoms with E-state index < -0.39 is 0 Å². The first-order valence-corrected chi connectivity index (χ1v) is 7.65. The molecule has 94 valence electrons. The van der Waals surface area contributed by atoms with Crippen molar-refractivity contribution in [3.05, 3.63) is 11.1 Å². The van der Waals surface area contributed by atoms with Crippen molar-refractivity contribution in [2.75, 3.05) is 24.5 Å². The van der Waals surface area contributed by atoms with Crippen LogP contribution in [0.4, 0.5) is 5.13 Å². The Labute approximate surface area is 107 Å². The number of nitrogens with one attached hydrogen (secondary N) is 1. The summed E-state index contributed by atoms with van der Waals surface area (Å²) in [5.41, 5.74) is 1.20. The molecule has 0 aromatic carbocycles. The van der Waals surface area contributed by atoms with Gasteiger partial charge in [-0.15, -0.1) is 11.3 Å². The van der Waals surface area contributed by atoms with Crippen molar-refractivity contribution in [3.8, 4) is 0 Å². The number of aromatic nitrogens is 1. The summed E-state index contributed by atoms with van der Waals surface area (Å²) in [6.07, 6.45) is 4.33. The summed E-state index contributed by atoms with van der Waals surface area (Å²) in [6.45, 7) is 6.56. The molecule has 4 heteroatoms. The maximum atomic E-state index is 4.74. The van der Waals surface area contributed by atoms with Gasteiger partial charge in [0.2, 0.25) is 0 Å². The van der Waals surface area contributed by atoms with E-state index in [1.165, 1.54) is 43.2 Å². The summed E-state index contributed by atoms with van der Waals surface area (Å²) >= 11 is 1.81. The number of fused-ring (bicyclic) bond motifs is 1. The Morgan fingerprint density at radius 3 is 2.88 bits per heavy atom. The van der Waals surface area contributed by atoms with Gasteiger partial charge < -0.3 is 10.2 Å². The lowest BCUT2D eigenvalue weighted by atomic mass is 10.0. The highest BCUT2D eigenvalue weighted by molar-refractivity contribution is 7.13. The third-order valence-corrected chi connectivity index (χ3v) is 5.04. The van der Waals surface area contributed by atoms with Crippen LogP contribution < -0.4 is 10.2 Å². The van der Waals surface area contributed by atoms with E-state index in [0.29, 0.717) is 0 Å². The molecule has 2 unspecified atom stereocenters. The van der Waals surface area contributed by atoms with Crippen LogP contribution in [0.2, 0.25) is 0 Å². The number of nitrogens with zero attached hydrogens (tertiary/aromatic N) is 2. The van der Waals surface area contributed by atoms with Gasteiger partial charge in [0.25, 0.3) is 0 Å². The molecule has 0 bridgehead atoms. The molecule has 1 aromatic heterocycles. The highest BCUT2D eigenvalue weighted by atomic mass is 32.1. The minimum absolute atomic E-state index is 0.910. The van der Waals surface area contributed by atoms with E-state index in [0.717, 1.165) is 24.9 Å². The lowest BCUT2D eigenvalue weighted by molar-refractivity contribution is 0.494. The third kappa shape index (κ3) is 2.33. The fourth-order valence-electron chi connectivity index (χ4n) is 3.17. The number of hydrogen-bond donors (Lipinski definition) is 1. The van der Waals surface area contributed by atoms with E-state index in [1.807, 2.05) is 11.3 Å². The minimum atomic E-state index is 0.910. The standard InChI is InChI=1S/C13H21N3S/c1-2-14-6-12-9-17-13(15-12)16-7-10-4-3-5-11(10)8-16/h9-11,14H,2-8H2,1H3. The first-order valence-electron chi connectivity index (χ1n) is 6.77. The molecular formula is C13H21N3S. The van der Waals surface area contributed by atoms with Crippen LogP contribution in [0.5, 0.6) is 0 Å². The van der Waals surface area contributed by atoms with Crippen LogP contribution in [0.15, 0.2) is 5.38 Å². The molecule has 1 saturated carbocycles. The molecule has 2 aliphatic rings. The maximum absolute atomic E-state index is 4.74. The highest BCUT2D eigenvalue weighted by Crippen LogP contribution is 2.40. The van der Waals surface area contributed by atoms with Gasteiger partial charge in [0.15, 0.2) is 5.13 Å². The van der Waals surface area contributed by atoms with Crippen molar-refractivity contribution < 1.29 is 0 Å². The molecule has 17 heavy (non-hydrogen) atoms. The highest BCUT2D eigenvalue weighted by Gasteiger charge is 2.36. The molecule has 1 aliphatic heterocycles. The smallest absolute Gasteiger partial charge is 0.185 e. The van der Waals surface area contributed by atoms with Gasteiger partial charge >= 0.3 is 0 Å². The van der Waals surface area contributed by atoms with Gasteiger partial charge in [-0.1, -0.05) is 13.3 Å². The molecule has 0 radical (unpaired) electrons. The Morgan fingerprint density at radius 2 is 2.18 bits per heavy atom. The summed E-state index contributed by atoms with van der Waals surface area (Å²) in [6, 6.07) is 0. The molecular weight excluding hydrogens is 230 g/mol. The number of thiazole rings is 1. The normalized spacial score (nSPS) is 27.7. The molecule has 0 amide bonds. The monoisotopic (exact) mass is 251 g/mol. The molecule has 2 atom stereocenters. The van der Waals surface area contributed by atoms with E-state index >= 15 is 0 Å². The molecule has 2 fully saturated rings. The summed E-state index contributed by atoms with van der Waals surface area (Å²) in [4.78, 5) is 7.25. The predicted octanol–water partition coefficient (Wildman–Crippen LogP) is 2.49. The number of hydrogen-bond acceptors (Lipinski definition) is 4. The summed E-state index contributed by atoms with van der Waals surface area (Å²) < 4.78 is 0. The van der Waals surface area contributed by atoms with Gasteiger partial charge in [-0.05, 0) is 31.2 Å². The van der Waals surface area contributed by atoms with E-state index in [4.69, 9.17) is 4.98 Å². The van der Waals surface area contributed by atoms with Crippen molar-refractivity contribution in [1.29, 1.82) is 0 Å². The van der Waals surface area contributed by atoms with Gasteiger partial charge in [0.1, 0.15) is 0 Å². The Hall–Kier alpha value is -0.610. The average Bonchev–Trinajstić information content (AvgIpc) is 3.00. The molecule has 2 heterocycles. The second-order valence-electron chi connectivity index (χ2n) is 5.26. The molecule has 3 nitrogen and oxygen atoms in total. The van der Waals surface area contributed by atoms with Crippen LogP contribution in [-0.4, -0.2) is 24.6 Å². The summed E-state index contributed by atoms with van der Waals surface area (Å²) in [5.74, 6) is 1.91. The first-order chi connectivity index (χ1) is 8.36. The van der Waals surface area contributed by atoms with Crippen LogP contribution in [0.25, 0.3) is 0 Å². The van der Waals surface area contributed by atoms with E-state index in [2.05, 4.69) is 22.5 Å². The SMILES string of the molecule is CCNCc1csc(N2CC3CCCC3C2)n1. The van der Waals surface area contributed by atoms with Crippen LogP contribution in [-0.2, 0) is 6.54 Å². The van der Waals surface area contributed by atoms with Crippen molar-refractivity contribution in [2.45, 2.75) is 32.7 Å². The fourth-order valence-corrected chi connectivity index (χ4v) is 4.01. The predicted molar refractivity (Wildman–Crippen MR) is 72.5 cm³/mol. The number of rotatable bonds is 4. The van der Waals surface area contributed by atoms with Crippen molar-refractivity contribution in [2.24, 2.45) is 11.8 Å². The summed E-state index contributed by atoms with van der Waals surface area (Å²) in [7, 11) is 0. The van der Waals surface area contributed by atoms with E-state index in [1.54, 1.807) is 0 Å². The molecule has 1 N–H and O–H groups in total. The van der Waals surface area contributed by atoms with Gasteiger partial charge in [-0.2, -0.15) is 0 Å². The zero-order valence-corrected chi connectivity index (χ0v) is 11.3. The topological polar surface area (TPSA) is 28.2 Å². The Kier molecular flexibility index (Phi) is 3.34.